The number of benzene rings is 1. The molecule has 2 rings (SSSR count). The van der Waals surface area contributed by atoms with Crippen LogP contribution >= 0.6 is 0 Å². The average Bonchev–Trinajstić information content (AvgIpc) is 2.82. The van der Waals surface area contributed by atoms with Gasteiger partial charge in [-0.15, -0.1) is 0 Å². The number of rotatable bonds is 3. The highest BCUT2D eigenvalue weighted by Gasteiger charge is 2.29. The molecule has 1 saturated heterocycles. The Balaban J connectivity index is 2.51. The summed E-state index contributed by atoms with van der Waals surface area (Å²) in [5.74, 6) is 0. The van der Waals surface area contributed by atoms with Gasteiger partial charge in [0.25, 0.3) is 0 Å². The number of nitrogens with zero attached hydrogens (tertiary/aromatic N) is 2. The summed E-state index contributed by atoms with van der Waals surface area (Å²) in [7, 11) is 0.231. The first-order valence-corrected chi connectivity index (χ1v) is 7.44. The lowest BCUT2D eigenvalue weighted by Gasteiger charge is -2.22. The Morgan fingerprint density at radius 1 is 1.22 bits per heavy atom. The van der Waals surface area contributed by atoms with Gasteiger partial charge in [-0.25, -0.2) is 8.42 Å². The van der Waals surface area contributed by atoms with Crippen LogP contribution in [0, 0.1) is 0 Å². The van der Waals surface area contributed by atoms with Crippen LogP contribution in [-0.2, 0) is 10.0 Å². The molecule has 0 spiro atoms. The van der Waals surface area contributed by atoms with Crippen molar-refractivity contribution in [3.63, 3.8) is 0 Å². The third-order valence-corrected chi connectivity index (χ3v) is 5.08. The van der Waals surface area contributed by atoms with Crippen LogP contribution < -0.4 is 10.6 Å². The summed E-state index contributed by atoms with van der Waals surface area (Å²) in [5, 5.41) is 0. The lowest BCUT2D eigenvalue weighted by molar-refractivity contribution is 0.477. The third kappa shape index (κ3) is 2.30. The molecule has 0 radical (unpaired) electrons. The molecule has 18 heavy (non-hydrogen) atoms. The Hall–Kier alpha value is -1.27. The predicted octanol–water partition coefficient (Wildman–Crippen LogP) is 1.12. The molecule has 0 aliphatic carbocycles. The molecule has 5 nitrogen and oxygen atoms in total. The van der Waals surface area contributed by atoms with E-state index in [0.717, 1.165) is 12.8 Å². The molecule has 0 saturated carbocycles. The minimum atomic E-state index is -3.43. The summed E-state index contributed by atoms with van der Waals surface area (Å²) in [6.07, 6.45) is 1.86. The van der Waals surface area contributed by atoms with E-state index in [1.54, 1.807) is 23.1 Å². The van der Waals surface area contributed by atoms with E-state index < -0.39 is 10.0 Å². The average molecular weight is 269 g/mol. The Morgan fingerprint density at radius 2 is 1.83 bits per heavy atom. The van der Waals surface area contributed by atoms with Gasteiger partial charge in [0.2, 0.25) is 10.0 Å². The van der Waals surface area contributed by atoms with Crippen molar-refractivity contribution >= 4 is 21.4 Å². The quantitative estimate of drug-likeness (QED) is 0.835. The van der Waals surface area contributed by atoms with Gasteiger partial charge in [-0.1, -0.05) is 0 Å². The van der Waals surface area contributed by atoms with Gasteiger partial charge in [0.15, 0.2) is 0 Å². The van der Waals surface area contributed by atoms with Gasteiger partial charge < -0.3 is 10.6 Å². The fraction of sp³-hybridized carbons (Fsp3) is 0.500. The van der Waals surface area contributed by atoms with Crippen LogP contribution in [0.4, 0.5) is 11.4 Å². The van der Waals surface area contributed by atoms with Crippen LogP contribution in [0.5, 0.6) is 0 Å². The van der Waals surface area contributed by atoms with Gasteiger partial charge in [-0.05, 0) is 31.0 Å². The molecule has 1 fully saturated rings. The zero-order valence-corrected chi connectivity index (χ0v) is 11.6. The van der Waals surface area contributed by atoms with E-state index in [-0.39, 0.29) is 0 Å². The number of nitrogen functional groups attached to an aromatic ring is 1. The van der Waals surface area contributed by atoms with Crippen molar-refractivity contribution in [2.45, 2.75) is 17.7 Å². The smallest absolute Gasteiger partial charge is 0.245 e. The minimum Gasteiger partial charge on any atom is -0.399 e. The largest absolute Gasteiger partial charge is 0.399 e. The van der Waals surface area contributed by atoms with Gasteiger partial charge in [0, 0.05) is 32.9 Å². The fourth-order valence-electron chi connectivity index (χ4n) is 2.17. The summed E-state index contributed by atoms with van der Waals surface area (Å²) in [5.41, 5.74) is 6.87. The molecule has 0 amide bonds. The van der Waals surface area contributed by atoms with E-state index in [1.807, 2.05) is 14.1 Å². The SMILES string of the molecule is CN(C)c1ccc(N)cc1S(=O)(=O)N1CCCC1. The molecule has 1 heterocycles. The van der Waals surface area contributed by atoms with Crippen LogP contribution in [0.15, 0.2) is 23.1 Å². The molecular weight excluding hydrogens is 250 g/mol. The molecule has 1 aliphatic rings. The third-order valence-electron chi connectivity index (χ3n) is 3.15. The second-order valence-electron chi connectivity index (χ2n) is 4.73. The zero-order chi connectivity index (χ0) is 13.3. The summed E-state index contributed by atoms with van der Waals surface area (Å²) in [4.78, 5) is 2.09. The highest BCUT2D eigenvalue weighted by atomic mass is 32.2. The van der Waals surface area contributed by atoms with E-state index >= 15 is 0 Å². The fourth-order valence-corrected chi connectivity index (χ4v) is 3.99. The first kappa shape index (κ1) is 13.2. The lowest BCUT2D eigenvalue weighted by Crippen LogP contribution is -2.29. The van der Waals surface area contributed by atoms with Gasteiger partial charge in [0.1, 0.15) is 4.90 Å². The number of nitrogens with two attached hydrogens (primary N) is 1. The molecular formula is C12H19N3O2S. The zero-order valence-electron chi connectivity index (χ0n) is 10.8. The summed E-state index contributed by atoms with van der Waals surface area (Å²) >= 11 is 0. The van der Waals surface area contributed by atoms with Gasteiger partial charge in [0.05, 0.1) is 5.69 Å². The Labute approximate surface area is 108 Å². The number of hydrogen-bond acceptors (Lipinski definition) is 4. The summed E-state index contributed by atoms with van der Waals surface area (Å²) in [6.45, 7) is 1.20. The lowest BCUT2D eigenvalue weighted by atomic mass is 10.3. The van der Waals surface area contributed by atoms with E-state index in [2.05, 4.69) is 0 Å². The number of anilines is 2. The normalized spacial score (nSPS) is 17.0. The standard InChI is InChI=1S/C12H19N3O2S/c1-14(2)11-6-5-10(13)9-12(11)18(16,17)15-7-3-4-8-15/h5-6,9H,3-4,7-8,13H2,1-2H3. The van der Waals surface area contributed by atoms with Crippen LogP contribution in [0.25, 0.3) is 0 Å². The first-order chi connectivity index (χ1) is 8.43. The monoisotopic (exact) mass is 269 g/mol. The maximum atomic E-state index is 12.6. The predicted molar refractivity (Wildman–Crippen MR) is 73.2 cm³/mol. The number of sulfonamides is 1. The maximum Gasteiger partial charge on any atom is 0.245 e. The Kier molecular flexibility index (Phi) is 3.49. The van der Waals surface area contributed by atoms with E-state index in [0.29, 0.717) is 29.4 Å². The van der Waals surface area contributed by atoms with Crippen molar-refractivity contribution in [3.05, 3.63) is 18.2 Å². The van der Waals surface area contributed by atoms with Crippen LogP contribution in [0.3, 0.4) is 0 Å². The first-order valence-electron chi connectivity index (χ1n) is 6.00. The number of hydrogen-bond donors (Lipinski definition) is 1. The summed E-state index contributed by atoms with van der Waals surface area (Å²) < 4.78 is 26.6. The molecule has 100 valence electrons. The summed E-state index contributed by atoms with van der Waals surface area (Å²) in [6, 6.07) is 5.01. The molecule has 1 aliphatic heterocycles. The molecule has 0 bridgehead atoms. The van der Waals surface area contributed by atoms with Gasteiger partial charge in [-0.3, -0.25) is 0 Å². The van der Waals surface area contributed by atoms with E-state index in [1.165, 1.54) is 4.31 Å². The highest BCUT2D eigenvalue weighted by molar-refractivity contribution is 7.89. The second kappa shape index (κ2) is 4.78. The Bertz CT molecular complexity index is 534. The maximum absolute atomic E-state index is 12.6. The molecule has 6 heteroatoms. The molecule has 1 aromatic carbocycles. The van der Waals surface area contributed by atoms with Crippen LogP contribution in [-0.4, -0.2) is 39.9 Å². The van der Waals surface area contributed by atoms with Crippen molar-refractivity contribution in [2.75, 3.05) is 37.8 Å². The van der Waals surface area contributed by atoms with Crippen molar-refractivity contribution < 1.29 is 8.42 Å². The molecule has 0 atom stereocenters. The molecule has 1 aromatic rings. The van der Waals surface area contributed by atoms with Gasteiger partial charge in [-0.2, -0.15) is 4.31 Å². The minimum absolute atomic E-state index is 0.300. The Morgan fingerprint density at radius 3 is 2.39 bits per heavy atom. The van der Waals surface area contributed by atoms with Crippen LogP contribution in [0.1, 0.15) is 12.8 Å². The molecule has 0 unspecified atom stereocenters. The van der Waals surface area contributed by atoms with E-state index in [9.17, 15) is 8.42 Å². The molecule has 0 aromatic heterocycles. The van der Waals surface area contributed by atoms with Crippen LogP contribution in [0.2, 0.25) is 0 Å². The van der Waals surface area contributed by atoms with E-state index in [4.69, 9.17) is 5.73 Å². The van der Waals surface area contributed by atoms with Crippen molar-refractivity contribution in [1.82, 2.24) is 4.31 Å². The van der Waals surface area contributed by atoms with Crippen molar-refractivity contribution in [3.8, 4) is 0 Å². The van der Waals surface area contributed by atoms with Crippen molar-refractivity contribution in [1.29, 1.82) is 0 Å². The highest BCUT2D eigenvalue weighted by Crippen LogP contribution is 2.30. The topological polar surface area (TPSA) is 66.6 Å². The second-order valence-corrected chi connectivity index (χ2v) is 6.64. The molecule has 2 N–H and O–H groups in total. The van der Waals surface area contributed by atoms with Crippen molar-refractivity contribution in [2.24, 2.45) is 0 Å². The van der Waals surface area contributed by atoms with Gasteiger partial charge >= 0.3 is 0 Å².